The molecule has 1 fully saturated rings. The number of hydrogen-bond acceptors (Lipinski definition) is 4. The minimum Gasteiger partial charge on any atom is -0.497 e. The van der Waals surface area contributed by atoms with Crippen molar-refractivity contribution in [1.29, 1.82) is 5.26 Å². The van der Waals surface area contributed by atoms with Crippen LogP contribution in [0, 0.1) is 11.3 Å². The first kappa shape index (κ1) is 18.8. The highest BCUT2D eigenvalue weighted by molar-refractivity contribution is 5.99. The van der Waals surface area contributed by atoms with Crippen LogP contribution in [0.5, 0.6) is 11.5 Å². The number of carbonyl (C=O) groups is 1. The van der Waals surface area contributed by atoms with Crippen molar-refractivity contribution in [1.82, 2.24) is 0 Å². The maximum Gasteiger partial charge on any atom is 0.235 e. The van der Waals surface area contributed by atoms with Crippen molar-refractivity contribution >= 4 is 11.6 Å². The van der Waals surface area contributed by atoms with Crippen molar-refractivity contribution in [3.05, 3.63) is 53.6 Å². The highest BCUT2D eigenvalue weighted by Gasteiger charge is 2.41. The quantitative estimate of drug-likeness (QED) is 0.853. The Morgan fingerprint density at radius 1 is 1.04 bits per heavy atom. The predicted octanol–water partition coefficient (Wildman–Crippen LogP) is 4.42. The summed E-state index contributed by atoms with van der Waals surface area (Å²) in [6.45, 7) is 0. The van der Waals surface area contributed by atoms with Crippen LogP contribution in [0.4, 0.5) is 5.69 Å². The third-order valence-electron chi connectivity index (χ3n) is 5.36. The van der Waals surface area contributed by atoms with Crippen LogP contribution in [0.1, 0.15) is 43.2 Å². The number of nitrogens with one attached hydrogen (secondary N) is 1. The number of carbonyl (C=O) groups excluding carboxylic acids is 1. The zero-order chi connectivity index (χ0) is 19.3. The molecule has 0 atom stereocenters. The molecule has 3 rings (SSSR count). The van der Waals surface area contributed by atoms with Gasteiger partial charge in [-0.1, -0.05) is 31.4 Å². The van der Waals surface area contributed by atoms with Gasteiger partial charge in [-0.3, -0.25) is 4.79 Å². The molecule has 0 unspecified atom stereocenters. The van der Waals surface area contributed by atoms with Gasteiger partial charge in [0.15, 0.2) is 0 Å². The molecule has 0 radical (unpaired) electrons. The maximum absolute atomic E-state index is 13.3. The van der Waals surface area contributed by atoms with Gasteiger partial charge in [-0.15, -0.1) is 0 Å². The van der Waals surface area contributed by atoms with Crippen LogP contribution >= 0.6 is 0 Å². The van der Waals surface area contributed by atoms with E-state index >= 15 is 0 Å². The number of hydrogen-bond donors (Lipinski definition) is 1. The highest BCUT2D eigenvalue weighted by atomic mass is 16.5. The Hall–Kier alpha value is -3.00. The average Bonchev–Trinajstić information content (AvgIpc) is 2.74. The molecular weight excluding hydrogens is 340 g/mol. The van der Waals surface area contributed by atoms with Crippen LogP contribution in [0.2, 0.25) is 0 Å². The average molecular weight is 364 g/mol. The number of ether oxygens (including phenoxy) is 2. The summed E-state index contributed by atoms with van der Waals surface area (Å²) in [5.41, 5.74) is 1.46. The molecule has 0 bridgehead atoms. The zero-order valence-electron chi connectivity index (χ0n) is 15.7. The number of amides is 1. The molecule has 1 aliphatic rings. The molecule has 2 aromatic rings. The van der Waals surface area contributed by atoms with E-state index in [2.05, 4.69) is 11.4 Å². The lowest BCUT2D eigenvalue weighted by atomic mass is 9.68. The van der Waals surface area contributed by atoms with E-state index in [1.807, 2.05) is 24.3 Å². The van der Waals surface area contributed by atoms with Gasteiger partial charge in [0.05, 0.1) is 25.2 Å². The molecule has 5 nitrogen and oxygen atoms in total. The van der Waals surface area contributed by atoms with E-state index in [9.17, 15) is 10.1 Å². The van der Waals surface area contributed by atoms with Crippen LogP contribution in [-0.4, -0.2) is 20.1 Å². The Labute approximate surface area is 159 Å². The third kappa shape index (κ3) is 3.75. The highest BCUT2D eigenvalue weighted by Crippen LogP contribution is 2.41. The SMILES string of the molecule is COc1ccc(C2(C(=O)Nc3ccc(OC)c(C#N)c3)CCCCC2)cc1. The zero-order valence-corrected chi connectivity index (χ0v) is 15.7. The topological polar surface area (TPSA) is 71.3 Å². The Bertz CT molecular complexity index is 847. The lowest BCUT2D eigenvalue weighted by Gasteiger charge is -2.36. The molecular formula is C22H24N2O3. The second-order valence-electron chi connectivity index (χ2n) is 6.85. The van der Waals surface area contributed by atoms with Gasteiger partial charge in [-0.05, 0) is 48.7 Å². The van der Waals surface area contributed by atoms with E-state index < -0.39 is 5.41 Å². The summed E-state index contributed by atoms with van der Waals surface area (Å²) in [6.07, 6.45) is 4.81. The Morgan fingerprint density at radius 3 is 2.33 bits per heavy atom. The predicted molar refractivity (Wildman–Crippen MR) is 104 cm³/mol. The molecule has 1 aliphatic carbocycles. The minimum absolute atomic E-state index is 0.0265. The van der Waals surface area contributed by atoms with Gasteiger partial charge < -0.3 is 14.8 Å². The summed E-state index contributed by atoms with van der Waals surface area (Å²) in [5, 5.41) is 12.3. The van der Waals surface area contributed by atoms with E-state index in [1.165, 1.54) is 7.11 Å². The Balaban J connectivity index is 1.91. The fourth-order valence-electron chi connectivity index (χ4n) is 3.84. The molecule has 0 heterocycles. The molecule has 140 valence electrons. The number of rotatable bonds is 5. The standard InChI is InChI=1S/C22H24N2O3/c1-26-19-9-6-17(7-10-19)22(12-4-3-5-13-22)21(25)24-18-8-11-20(27-2)16(14-18)15-23/h6-11,14H,3-5,12-13H2,1-2H3,(H,24,25). The first-order valence-electron chi connectivity index (χ1n) is 9.17. The summed E-state index contributed by atoms with van der Waals surface area (Å²) >= 11 is 0. The van der Waals surface area contributed by atoms with Crippen LogP contribution in [0.15, 0.2) is 42.5 Å². The van der Waals surface area contributed by atoms with Crippen molar-refractivity contribution in [2.45, 2.75) is 37.5 Å². The van der Waals surface area contributed by atoms with Crippen LogP contribution in [0.25, 0.3) is 0 Å². The molecule has 5 heteroatoms. The second-order valence-corrected chi connectivity index (χ2v) is 6.85. The van der Waals surface area contributed by atoms with Crippen molar-refractivity contribution in [3.63, 3.8) is 0 Å². The molecule has 0 saturated heterocycles. The fraction of sp³-hybridized carbons (Fsp3) is 0.364. The summed E-state index contributed by atoms with van der Waals surface area (Å²) in [5.74, 6) is 1.25. The van der Waals surface area contributed by atoms with Crippen LogP contribution in [0.3, 0.4) is 0 Å². The third-order valence-corrected chi connectivity index (χ3v) is 5.36. The van der Waals surface area contributed by atoms with Crippen molar-refractivity contribution in [2.24, 2.45) is 0 Å². The van der Waals surface area contributed by atoms with Crippen molar-refractivity contribution < 1.29 is 14.3 Å². The minimum atomic E-state index is -0.558. The molecule has 27 heavy (non-hydrogen) atoms. The Morgan fingerprint density at radius 2 is 1.74 bits per heavy atom. The summed E-state index contributed by atoms with van der Waals surface area (Å²) < 4.78 is 10.4. The van der Waals surface area contributed by atoms with Gasteiger partial charge in [0.25, 0.3) is 0 Å². The van der Waals surface area contributed by atoms with Crippen molar-refractivity contribution in [3.8, 4) is 17.6 Å². The van der Waals surface area contributed by atoms with E-state index in [-0.39, 0.29) is 5.91 Å². The van der Waals surface area contributed by atoms with E-state index in [0.717, 1.165) is 43.4 Å². The largest absolute Gasteiger partial charge is 0.497 e. The number of nitrogens with zero attached hydrogens (tertiary/aromatic N) is 1. The van der Waals surface area contributed by atoms with E-state index in [1.54, 1.807) is 25.3 Å². The van der Waals surface area contributed by atoms with Crippen LogP contribution in [-0.2, 0) is 10.2 Å². The van der Waals surface area contributed by atoms with Gasteiger partial charge >= 0.3 is 0 Å². The van der Waals surface area contributed by atoms with Gasteiger partial charge in [-0.25, -0.2) is 0 Å². The van der Waals surface area contributed by atoms with Gasteiger partial charge in [0.2, 0.25) is 5.91 Å². The van der Waals surface area contributed by atoms with Crippen molar-refractivity contribution in [2.75, 3.05) is 19.5 Å². The number of anilines is 1. The van der Waals surface area contributed by atoms with Gasteiger partial charge in [0.1, 0.15) is 17.6 Å². The molecule has 1 amide bonds. The smallest absolute Gasteiger partial charge is 0.235 e. The normalized spacial score (nSPS) is 15.4. The summed E-state index contributed by atoms with van der Waals surface area (Å²) in [7, 11) is 3.16. The lowest BCUT2D eigenvalue weighted by Crippen LogP contribution is -2.42. The van der Waals surface area contributed by atoms with Gasteiger partial charge in [0, 0.05) is 5.69 Å². The number of nitriles is 1. The van der Waals surface area contributed by atoms with E-state index in [0.29, 0.717) is 17.0 Å². The number of benzene rings is 2. The summed E-state index contributed by atoms with van der Waals surface area (Å²) in [6, 6.07) is 15.0. The molecule has 0 aliphatic heterocycles. The molecule has 0 aromatic heterocycles. The lowest BCUT2D eigenvalue weighted by molar-refractivity contribution is -0.122. The monoisotopic (exact) mass is 364 g/mol. The maximum atomic E-state index is 13.3. The van der Waals surface area contributed by atoms with E-state index in [4.69, 9.17) is 9.47 Å². The first-order chi connectivity index (χ1) is 13.1. The van der Waals surface area contributed by atoms with Crippen LogP contribution < -0.4 is 14.8 Å². The summed E-state index contributed by atoms with van der Waals surface area (Å²) in [4.78, 5) is 13.3. The fourth-order valence-corrected chi connectivity index (χ4v) is 3.84. The molecule has 2 aromatic carbocycles. The molecule has 1 N–H and O–H groups in total. The first-order valence-corrected chi connectivity index (χ1v) is 9.17. The van der Waals surface area contributed by atoms with Gasteiger partial charge in [-0.2, -0.15) is 5.26 Å². The second kappa shape index (κ2) is 8.13. The number of methoxy groups -OCH3 is 2. The molecule has 1 saturated carbocycles. The Kier molecular flexibility index (Phi) is 5.66. The molecule has 0 spiro atoms.